The monoisotopic (exact) mass is 278 g/mol. The van der Waals surface area contributed by atoms with Crippen LogP contribution in [0.1, 0.15) is 23.8 Å². The number of nitrogens with zero attached hydrogens (tertiary/aromatic N) is 2. The fraction of sp³-hybridized carbons (Fsp3) is 0.556. The van der Waals surface area contributed by atoms with Crippen molar-refractivity contribution in [3.63, 3.8) is 0 Å². The maximum atomic E-state index is 11.3. The molecule has 0 fully saturated rings. The Kier molecular flexibility index (Phi) is 4.68. The van der Waals surface area contributed by atoms with Crippen LogP contribution in [0, 0.1) is 0 Å². The van der Waals surface area contributed by atoms with E-state index in [9.17, 15) is 18.3 Å². The van der Waals surface area contributed by atoms with Crippen molar-refractivity contribution in [3.05, 3.63) is 11.8 Å². The van der Waals surface area contributed by atoms with Crippen molar-refractivity contribution in [1.82, 2.24) is 9.78 Å². The lowest BCUT2D eigenvalue weighted by Crippen LogP contribution is -2.10. The highest BCUT2D eigenvalue weighted by molar-refractivity contribution is 7.85. The maximum Gasteiger partial charge on any atom is 0.358 e. The van der Waals surface area contributed by atoms with Crippen molar-refractivity contribution in [2.75, 3.05) is 12.4 Å². The molecule has 102 valence electrons. The summed E-state index contributed by atoms with van der Waals surface area (Å²) < 4.78 is 35.3. The molecule has 0 atom stereocenters. The van der Waals surface area contributed by atoms with Crippen LogP contribution in [0.5, 0.6) is 5.88 Å². The zero-order valence-electron chi connectivity index (χ0n) is 9.74. The van der Waals surface area contributed by atoms with E-state index >= 15 is 0 Å². The molecule has 9 heteroatoms. The molecule has 0 spiro atoms. The number of esters is 1. The molecule has 0 saturated heterocycles. The van der Waals surface area contributed by atoms with Gasteiger partial charge in [0.05, 0.1) is 12.4 Å². The van der Waals surface area contributed by atoms with Gasteiger partial charge in [-0.3, -0.25) is 4.55 Å². The van der Waals surface area contributed by atoms with E-state index in [1.54, 1.807) is 6.92 Å². The first-order valence-electron chi connectivity index (χ1n) is 5.22. The summed E-state index contributed by atoms with van der Waals surface area (Å²) >= 11 is 0. The Balaban J connectivity index is 2.65. The number of ether oxygens (including phenoxy) is 1. The second kappa shape index (κ2) is 5.83. The summed E-state index contributed by atoms with van der Waals surface area (Å²) in [5.41, 5.74) is -0.0544. The van der Waals surface area contributed by atoms with Crippen LogP contribution in [-0.4, -0.2) is 46.2 Å². The minimum Gasteiger partial charge on any atom is -0.493 e. The van der Waals surface area contributed by atoms with E-state index < -0.39 is 21.8 Å². The van der Waals surface area contributed by atoms with E-state index in [2.05, 4.69) is 5.10 Å². The van der Waals surface area contributed by atoms with E-state index in [4.69, 9.17) is 9.29 Å². The smallest absolute Gasteiger partial charge is 0.358 e. The van der Waals surface area contributed by atoms with Gasteiger partial charge in [-0.25, -0.2) is 9.48 Å². The first-order chi connectivity index (χ1) is 8.33. The highest BCUT2D eigenvalue weighted by Gasteiger charge is 2.15. The molecule has 0 aromatic carbocycles. The lowest BCUT2D eigenvalue weighted by Gasteiger charge is -2.01. The minimum atomic E-state index is -4.04. The zero-order valence-corrected chi connectivity index (χ0v) is 10.6. The Morgan fingerprint density at radius 3 is 2.78 bits per heavy atom. The molecule has 0 saturated carbocycles. The lowest BCUT2D eigenvalue weighted by atomic mass is 10.4. The number of aromatic hydroxyl groups is 1. The van der Waals surface area contributed by atoms with Crippen molar-refractivity contribution in [2.45, 2.75) is 19.9 Å². The van der Waals surface area contributed by atoms with Crippen LogP contribution in [0.3, 0.4) is 0 Å². The molecule has 18 heavy (non-hydrogen) atoms. The average Bonchev–Trinajstić information content (AvgIpc) is 2.59. The molecule has 1 heterocycles. The molecule has 0 aliphatic heterocycles. The molecule has 0 radical (unpaired) electrons. The van der Waals surface area contributed by atoms with Gasteiger partial charge in [0.15, 0.2) is 5.69 Å². The van der Waals surface area contributed by atoms with Crippen LogP contribution >= 0.6 is 0 Å². The number of hydrogen-bond acceptors (Lipinski definition) is 6. The number of hydrogen-bond donors (Lipinski definition) is 2. The van der Waals surface area contributed by atoms with E-state index in [0.717, 1.165) is 10.7 Å². The maximum absolute atomic E-state index is 11.3. The summed E-state index contributed by atoms with van der Waals surface area (Å²) in [4.78, 5) is 11.3. The Morgan fingerprint density at radius 1 is 1.56 bits per heavy atom. The summed E-state index contributed by atoms with van der Waals surface area (Å²) in [6.45, 7) is 1.89. The van der Waals surface area contributed by atoms with Crippen molar-refractivity contribution >= 4 is 16.1 Å². The van der Waals surface area contributed by atoms with Gasteiger partial charge in [0.25, 0.3) is 10.1 Å². The van der Waals surface area contributed by atoms with Crippen LogP contribution in [0.25, 0.3) is 0 Å². The molecular formula is C9H14N2O6S. The number of aromatic nitrogens is 2. The second-order valence-corrected chi connectivity index (χ2v) is 5.04. The van der Waals surface area contributed by atoms with Gasteiger partial charge in [-0.15, -0.1) is 0 Å². The molecule has 1 rings (SSSR count). The number of carbonyl (C=O) groups is 1. The van der Waals surface area contributed by atoms with Crippen molar-refractivity contribution in [3.8, 4) is 5.88 Å². The average molecular weight is 278 g/mol. The van der Waals surface area contributed by atoms with Crippen molar-refractivity contribution < 1.29 is 27.6 Å². The zero-order chi connectivity index (χ0) is 13.8. The molecule has 1 aromatic heterocycles. The van der Waals surface area contributed by atoms with E-state index in [0.29, 0.717) is 0 Å². The summed E-state index contributed by atoms with van der Waals surface area (Å²) in [6.07, 6.45) is 0.0658. The van der Waals surface area contributed by atoms with Gasteiger partial charge < -0.3 is 9.84 Å². The predicted octanol–water partition coefficient (Wildman–Crippen LogP) is 0.0433. The summed E-state index contributed by atoms with van der Waals surface area (Å²) in [7, 11) is -4.04. The van der Waals surface area contributed by atoms with Gasteiger partial charge >= 0.3 is 5.97 Å². The van der Waals surface area contributed by atoms with Gasteiger partial charge in [-0.05, 0) is 13.3 Å². The standard InChI is InChI=1S/C9H14N2O6S/c1-2-17-9(13)7-6-8(12)11(10-7)4-3-5-18(14,15)16/h6,12H,2-5H2,1H3,(H,14,15,16). The first kappa shape index (κ1) is 14.5. The number of aryl methyl sites for hydroxylation is 1. The number of carbonyl (C=O) groups excluding carboxylic acids is 1. The summed E-state index contributed by atoms with van der Waals surface area (Å²) in [5, 5.41) is 13.2. The third-order valence-electron chi connectivity index (χ3n) is 2.02. The third kappa shape index (κ3) is 4.34. The normalized spacial score (nSPS) is 11.4. The topological polar surface area (TPSA) is 119 Å². The van der Waals surface area contributed by atoms with Crippen LogP contribution in [0.4, 0.5) is 0 Å². The molecule has 0 bridgehead atoms. The van der Waals surface area contributed by atoms with Crippen LogP contribution in [-0.2, 0) is 21.4 Å². The molecule has 0 aliphatic rings. The molecule has 8 nitrogen and oxygen atoms in total. The fourth-order valence-electron chi connectivity index (χ4n) is 1.27. The van der Waals surface area contributed by atoms with E-state index in [1.807, 2.05) is 0 Å². The van der Waals surface area contributed by atoms with E-state index in [1.165, 1.54) is 0 Å². The Labute approximate surface area is 104 Å². The largest absolute Gasteiger partial charge is 0.493 e. The molecule has 2 N–H and O–H groups in total. The number of rotatable bonds is 6. The van der Waals surface area contributed by atoms with Crippen LogP contribution in [0.2, 0.25) is 0 Å². The molecular weight excluding hydrogens is 264 g/mol. The fourth-order valence-corrected chi connectivity index (χ4v) is 1.77. The van der Waals surface area contributed by atoms with Gasteiger partial charge in [-0.2, -0.15) is 13.5 Å². The van der Waals surface area contributed by atoms with Crippen LogP contribution in [0.15, 0.2) is 6.07 Å². The lowest BCUT2D eigenvalue weighted by molar-refractivity contribution is 0.0518. The predicted molar refractivity (Wildman–Crippen MR) is 60.9 cm³/mol. The van der Waals surface area contributed by atoms with Gasteiger partial charge in [-0.1, -0.05) is 0 Å². The molecule has 0 unspecified atom stereocenters. The van der Waals surface area contributed by atoms with Gasteiger partial charge in [0.1, 0.15) is 0 Å². The van der Waals surface area contributed by atoms with Crippen molar-refractivity contribution in [2.24, 2.45) is 0 Å². The van der Waals surface area contributed by atoms with Gasteiger partial charge in [0.2, 0.25) is 5.88 Å². The first-order valence-corrected chi connectivity index (χ1v) is 6.83. The highest BCUT2D eigenvalue weighted by atomic mass is 32.2. The summed E-state index contributed by atoms with van der Waals surface area (Å²) in [6, 6.07) is 1.13. The van der Waals surface area contributed by atoms with Crippen LogP contribution < -0.4 is 0 Å². The van der Waals surface area contributed by atoms with E-state index in [-0.39, 0.29) is 31.1 Å². The SMILES string of the molecule is CCOC(=O)c1cc(O)n(CCCS(=O)(=O)O)n1. The van der Waals surface area contributed by atoms with Gasteiger partial charge in [0, 0.05) is 12.6 Å². The second-order valence-electron chi connectivity index (χ2n) is 3.47. The highest BCUT2D eigenvalue weighted by Crippen LogP contribution is 2.13. The third-order valence-corrected chi connectivity index (χ3v) is 2.82. The molecule has 0 amide bonds. The Morgan fingerprint density at radius 2 is 2.22 bits per heavy atom. The quantitative estimate of drug-likeness (QED) is 0.557. The van der Waals surface area contributed by atoms with Crippen molar-refractivity contribution in [1.29, 1.82) is 0 Å². The molecule has 1 aromatic rings. The molecule has 0 aliphatic carbocycles. The Bertz CT molecular complexity index is 521. The Hall–Kier alpha value is -1.61. The minimum absolute atomic E-state index is 0.0544. The summed E-state index contributed by atoms with van der Waals surface area (Å²) in [5.74, 6) is -1.38.